The summed E-state index contributed by atoms with van der Waals surface area (Å²) in [6, 6.07) is 5.24. The van der Waals surface area contributed by atoms with Gasteiger partial charge in [-0.1, -0.05) is 0 Å². The highest BCUT2D eigenvalue weighted by molar-refractivity contribution is 5.88. The van der Waals surface area contributed by atoms with Gasteiger partial charge in [0.25, 0.3) is 0 Å². The summed E-state index contributed by atoms with van der Waals surface area (Å²) in [5.41, 5.74) is -1.35. The van der Waals surface area contributed by atoms with Crippen LogP contribution in [0.4, 0.5) is 0 Å². The molecule has 10 atom stereocenters. The molecule has 0 aliphatic carbocycles. The molecule has 1 aromatic heterocycles. The third-order valence-electron chi connectivity index (χ3n) is 7.29. The van der Waals surface area contributed by atoms with E-state index in [4.69, 9.17) is 23.4 Å². The van der Waals surface area contributed by atoms with E-state index in [1.165, 1.54) is 13.0 Å². The van der Waals surface area contributed by atoms with E-state index in [2.05, 4.69) is 0 Å². The molecule has 2 aliphatic rings. The van der Waals surface area contributed by atoms with E-state index in [1.807, 2.05) is 0 Å². The van der Waals surface area contributed by atoms with Crippen molar-refractivity contribution >= 4 is 11.0 Å². The smallest absolute Gasteiger partial charge is 0.239 e. The zero-order valence-electron chi connectivity index (χ0n) is 22.3. The number of aliphatic hydroxyl groups excluding tert-OH is 6. The Morgan fingerprint density at radius 3 is 2.12 bits per heavy atom. The number of aliphatic hydroxyl groups is 6. The monoisotopic (exact) mass is 610 g/mol. The molecule has 16 nitrogen and oxygen atoms in total. The number of ether oxygens (including phenoxy) is 4. The number of phenolic OH excluding ortho intramolecular Hbond substituents is 4. The third-order valence-corrected chi connectivity index (χ3v) is 7.29. The van der Waals surface area contributed by atoms with Crippen LogP contribution in [0.5, 0.6) is 28.7 Å². The fourth-order valence-corrected chi connectivity index (χ4v) is 4.84. The molecule has 16 heteroatoms. The molecule has 0 amide bonds. The van der Waals surface area contributed by atoms with Crippen LogP contribution < -0.4 is 10.2 Å². The fourth-order valence-electron chi connectivity index (χ4n) is 4.84. The largest absolute Gasteiger partial charge is 0.508 e. The highest BCUT2D eigenvalue weighted by atomic mass is 16.7. The van der Waals surface area contributed by atoms with E-state index in [9.17, 15) is 55.9 Å². The highest BCUT2D eigenvalue weighted by Crippen LogP contribution is 2.39. The second-order valence-corrected chi connectivity index (χ2v) is 10.3. The minimum Gasteiger partial charge on any atom is -0.508 e. The standard InChI is InChI=1S/C27H30O16/c1-8-17(32)20(35)22(37)26(40-8)39-7-15-18(33)21(36)23(38)27(42-15)43-25-19(34)16-13(31)5-10(28)6-14(16)41-24(25)9-2-3-11(29)12(30)4-9/h2-6,8,15,17-18,20-23,26-33,35-38H,7H2,1H3/t8-,15-,17-,18-,20+,21+,22+,23-,26+,27-/m0/s1. The molecule has 3 aromatic rings. The Kier molecular flexibility index (Phi) is 8.41. The maximum Gasteiger partial charge on any atom is 0.239 e. The van der Waals surface area contributed by atoms with Gasteiger partial charge in [0.2, 0.25) is 17.5 Å². The summed E-state index contributed by atoms with van der Waals surface area (Å²) in [5, 5.41) is 101. The predicted octanol–water partition coefficient (Wildman–Crippen LogP) is -1.69. The van der Waals surface area contributed by atoms with Crippen molar-refractivity contribution in [3.05, 3.63) is 40.6 Å². The highest BCUT2D eigenvalue weighted by Gasteiger charge is 2.47. The van der Waals surface area contributed by atoms with Crippen molar-refractivity contribution in [2.75, 3.05) is 6.61 Å². The molecule has 2 fully saturated rings. The summed E-state index contributed by atoms with van der Waals surface area (Å²) in [6.45, 7) is 0.818. The number of rotatable bonds is 6. The van der Waals surface area contributed by atoms with Crippen LogP contribution in [0.3, 0.4) is 0 Å². The maximum absolute atomic E-state index is 13.6. The average molecular weight is 611 g/mol. The lowest BCUT2D eigenvalue weighted by Gasteiger charge is -2.42. The Hall–Kier alpha value is -3.71. The van der Waals surface area contributed by atoms with Crippen LogP contribution in [-0.2, 0) is 14.2 Å². The molecule has 2 saturated heterocycles. The second kappa shape index (κ2) is 11.8. The summed E-state index contributed by atoms with van der Waals surface area (Å²) in [5.74, 6) is -3.33. The molecule has 0 saturated carbocycles. The minimum absolute atomic E-state index is 0.0313. The van der Waals surface area contributed by atoms with Crippen molar-refractivity contribution in [3.8, 4) is 40.1 Å². The van der Waals surface area contributed by atoms with Crippen molar-refractivity contribution in [1.29, 1.82) is 0 Å². The molecule has 5 rings (SSSR count). The molecular formula is C27H30O16. The predicted molar refractivity (Wildman–Crippen MR) is 140 cm³/mol. The van der Waals surface area contributed by atoms with Gasteiger partial charge in [-0.05, 0) is 25.1 Å². The van der Waals surface area contributed by atoms with Crippen LogP contribution in [0, 0.1) is 0 Å². The van der Waals surface area contributed by atoms with Gasteiger partial charge in [0.1, 0.15) is 65.2 Å². The lowest BCUT2D eigenvalue weighted by atomic mass is 9.98. The number of benzene rings is 2. The van der Waals surface area contributed by atoms with Gasteiger partial charge in [-0.2, -0.15) is 0 Å². The maximum atomic E-state index is 13.6. The van der Waals surface area contributed by atoms with E-state index in [0.717, 1.165) is 24.3 Å². The number of aromatic hydroxyl groups is 4. The van der Waals surface area contributed by atoms with Gasteiger partial charge in [-0.3, -0.25) is 4.79 Å². The average Bonchev–Trinajstić information content (AvgIpc) is 2.96. The molecule has 10 N–H and O–H groups in total. The second-order valence-electron chi connectivity index (χ2n) is 10.3. The van der Waals surface area contributed by atoms with Gasteiger partial charge < -0.3 is 74.4 Å². The van der Waals surface area contributed by atoms with E-state index < -0.39 is 113 Å². The SMILES string of the molecule is C[C@@H]1O[C@@H](OC[C@@H]2O[C@@H](Oc3c(-c4ccc(O)c(O)c4)oc4cc(O)cc(O)c4c3=O)[C@@H](O)[C@H](O)[C@H]2O)[C@H](O)[C@H](O)[C@H]1O. The van der Waals surface area contributed by atoms with Crippen LogP contribution in [0.25, 0.3) is 22.3 Å². The Labute approximate surface area is 241 Å². The summed E-state index contributed by atoms with van der Waals surface area (Å²) in [7, 11) is 0. The van der Waals surface area contributed by atoms with E-state index >= 15 is 0 Å². The van der Waals surface area contributed by atoms with Crippen LogP contribution in [0.1, 0.15) is 6.92 Å². The van der Waals surface area contributed by atoms with Crippen molar-refractivity contribution in [3.63, 3.8) is 0 Å². The first-order valence-corrected chi connectivity index (χ1v) is 13.0. The summed E-state index contributed by atoms with van der Waals surface area (Å²) >= 11 is 0. The molecule has 3 heterocycles. The van der Waals surface area contributed by atoms with Gasteiger partial charge in [0.15, 0.2) is 23.5 Å². The molecule has 0 spiro atoms. The van der Waals surface area contributed by atoms with Crippen LogP contribution in [-0.4, -0.2) is 119 Å². The first-order valence-electron chi connectivity index (χ1n) is 13.0. The minimum atomic E-state index is -1.97. The van der Waals surface area contributed by atoms with E-state index in [1.54, 1.807) is 0 Å². The van der Waals surface area contributed by atoms with Crippen LogP contribution in [0.15, 0.2) is 39.5 Å². The van der Waals surface area contributed by atoms with Gasteiger partial charge in [0.05, 0.1) is 12.7 Å². The number of hydrogen-bond acceptors (Lipinski definition) is 16. The zero-order valence-corrected chi connectivity index (χ0v) is 22.3. The van der Waals surface area contributed by atoms with Gasteiger partial charge in [-0.15, -0.1) is 0 Å². The van der Waals surface area contributed by atoms with E-state index in [0.29, 0.717) is 0 Å². The van der Waals surface area contributed by atoms with Crippen LogP contribution >= 0.6 is 0 Å². The molecule has 2 aliphatic heterocycles. The first-order chi connectivity index (χ1) is 20.3. The van der Waals surface area contributed by atoms with Gasteiger partial charge >= 0.3 is 0 Å². The molecule has 0 unspecified atom stereocenters. The van der Waals surface area contributed by atoms with Crippen molar-refractivity contribution in [2.24, 2.45) is 0 Å². The normalized spacial score (nSPS) is 33.0. The molecule has 2 aromatic carbocycles. The van der Waals surface area contributed by atoms with Crippen molar-refractivity contribution < 1.29 is 74.4 Å². The first kappa shape index (κ1) is 30.7. The van der Waals surface area contributed by atoms with Gasteiger partial charge in [-0.25, -0.2) is 0 Å². The molecule has 0 bridgehead atoms. The van der Waals surface area contributed by atoms with Crippen LogP contribution in [0.2, 0.25) is 0 Å². The third kappa shape index (κ3) is 5.67. The molecule has 43 heavy (non-hydrogen) atoms. The fraction of sp³-hybridized carbons (Fsp3) is 0.444. The summed E-state index contributed by atoms with van der Waals surface area (Å²) in [4.78, 5) is 13.6. The Bertz CT molecular complexity index is 1540. The lowest BCUT2D eigenvalue weighted by Crippen LogP contribution is -2.61. The Balaban J connectivity index is 1.48. The number of phenols is 4. The number of fused-ring (bicyclic) bond motifs is 1. The van der Waals surface area contributed by atoms with Crippen molar-refractivity contribution in [2.45, 2.75) is 68.3 Å². The Morgan fingerprint density at radius 2 is 1.42 bits per heavy atom. The Morgan fingerprint density at radius 1 is 0.744 bits per heavy atom. The topological polar surface area (TPSA) is 269 Å². The summed E-state index contributed by atoms with van der Waals surface area (Å²) < 4.78 is 27.8. The molecule has 234 valence electrons. The van der Waals surface area contributed by atoms with Crippen molar-refractivity contribution in [1.82, 2.24) is 0 Å². The molecular weight excluding hydrogens is 580 g/mol. The zero-order chi connectivity index (χ0) is 31.3. The lowest BCUT2D eigenvalue weighted by molar-refractivity contribution is -0.318. The quantitative estimate of drug-likeness (QED) is 0.140. The van der Waals surface area contributed by atoms with Gasteiger partial charge in [0, 0.05) is 17.7 Å². The summed E-state index contributed by atoms with van der Waals surface area (Å²) in [6.07, 6.45) is -16.2. The van der Waals surface area contributed by atoms with E-state index in [-0.39, 0.29) is 11.1 Å². The molecule has 0 radical (unpaired) electrons. The number of hydrogen-bond donors (Lipinski definition) is 10.